The van der Waals surface area contributed by atoms with Gasteiger partial charge in [-0.05, 0) is 16.5 Å². The van der Waals surface area contributed by atoms with Crippen molar-refractivity contribution >= 4 is 17.3 Å². The van der Waals surface area contributed by atoms with E-state index in [9.17, 15) is 9.59 Å². The van der Waals surface area contributed by atoms with Gasteiger partial charge in [0.2, 0.25) is 5.78 Å². The summed E-state index contributed by atoms with van der Waals surface area (Å²) in [5.41, 5.74) is 2.49. The van der Waals surface area contributed by atoms with Gasteiger partial charge in [0.25, 0.3) is 0 Å². The first kappa shape index (κ1) is 15.3. The largest absolute Gasteiger partial charge is 0.300 e. The first-order chi connectivity index (χ1) is 10.8. The third kappa shape index (κ3) is 2.52. The molecule has 0 saturated carbocycles. The number of hydrogen-bond donors (Lipinski definition) is 1. The number of ketones is 2. The van der Waals surface area contributed by atoms with Crippen molar-refractivity contribution in [2.24, 2.45) is 0 Å². The van der Waals surface area contributed by atoms with Crippen molar-refractivity contribution in [3.05, 3.63) is 70.8 Å². The molecule has 0 saturated heterocycles. The molecule has 3 nitrogen and oxygen atoms in total. The topological polar surface area (TPSA) is 58.0 Å². The molecule has 0 aromatic heterocycles. The average molecular weight is 305 g/mol. The molecular weight excluding hydrogens is 286 g/mol. The van der Waals surface area contributed by atoms with Crippen molar-refractivity contribution in [1.29, 1.82) is 5.41 Å². The average Bonchev–Trinajstić information content (AvgIpc) is 2.53. The maximum atomic E-state index is 12.8. The summed E-state index contributed by atoms with van der Waals surface area (Å²) >= 11 is 0. The van der Waals surface area contributed by atoms with Crippen LogP contribution in [0.5, 0.6) is 0 Å². The van der Waals surface area contributed by atoms with E-state index < -0.39 is 5.92 Å². The molecule has 1 N–H and O–H groups in total. The summed E-state index contributed by atoms with van der Waals surface area (Å²) in [4.78, 5) is 25.2. The van der Waals surface area contributed by atoms with Crippen molar-refractivity contribution in [3.63, 3.8) is 0 Å². The summed E-state index contributed by atoms with van der Waals surface area (Å²) in [6.07, 6.45) is 0. The van der Waals surface area contributed by atoms with Crippen LogP contribution in [0.3, 0.4) is 0 Å². The Bertz CT molecular complexity index is 810. The quantitative estimate of drug-likeness (QED) is 0.859. The molecule has 1 aliphatic rings. The van der Waals surface area contributed by atoms with E-state index in [1.54, 1.807) is 24.3 Å². The van der Waals surface area contributed by atoms with E-state index >= 15 is 0 Å². The van der Waals surface area contributed by atoms with E-state index in [4.69, 9.17) is 5.41 Å². The van der Waals surface area contributed by atoms with Crippen LogP contribution in [-0.2, 0) is 5.41 Å². The molecule has 0 spiro atoms. The fourth-order valence-corrected chi connectivity index (χ4v) is 2.95. The second-order valence-corrected chi connectivity index (χ2v) is 6.96. The van der Waals surface area contributed by atoms with Gasteiger partial charge in [0.15, 0.2) is 5.78 Å². The Morgan fingerprint density at radius 1 is 0.870 bits per heavy atom. The molecule has 0 aliphatic heterocycles. The number of rotatable bonds is 1. The summed E-state index contributed by atoms with van der Waals surface area (Å²) in [5, 5.41) is 8.16. The third-order valence-corrected chi connectivity index (χ3v) is 4.34. The van der Waals surface area contributed by atoms with Crippen molar-refractivity contribution in [2.45, 2.75) is 32.1 Å². The number of carbonyl (C=O) groups excluding carboxylic acids is 2. The van der Waals surface area contributed by atoms with Crippen molar-refractivity contribution in [1.82, 2.24) is 0 Å². The second-order valence-electron chi connectivity index (χ2n) is 6.96. The zero-order valence-corrected chi connectivity index (χ0v) is 13.5. The number of nitrogens with one attached hydrogen (secondary N) is 1. The van der Waals surface area contributed by atoms with Gasteiger partial charge in [0, 0.05) is 11.1 Å². The molecule has 2 aromatic rings. The molecule has 2 aromatic carbocycles. The number of Topliss-reactive ketones (excluding diaryl/α,β-unsaturated/α-hetero) is 2. The van der Waals surface area contributed by atoms with E-state index in [0.29, 0.717) is 16.7 Å². The maximum Gasteiger partial charge on any atom is 0.208 e. The molecule has 0 bridgehead atoms. The summed E-state index contributed by atoms with van der Waals surface area (Å²) < 4.78 is 0. The molecule has 23 heavy (non-hydrogen) atoms. The summed E-state index contributed by atoms with van der Waals surface area (Å²) in [6.45, 7) is 6.36. The zero-order valence-electron chi connectivity index (χ0n) is 13.5. The molecule has 0 fully saturated rings. The lowest BCUT2D eigenvalue weighted by atomic mass is 9.76. The van der Waals surface area contributed by atoms with Crippen molar-refractivity contribution in [2.75, 3.05) is 0 Å². The molecule has 3 rings (SSSR count). The highest BCUT2D eigenvalue weighted by Gasteiger charge is 2.38. The van der Waals surface area contributed by atoms with Crippen LogP contribution in [0.15, 0.2) is 48.5 Å². The van der Waals surface area contributed by atoms with Gasteiger partial charge in [-0.15, -0.1) is 0 Å². The van der Waals surface area contributed by atoms with Crippen LogP contribution in [0, 0.1) is 5.41 Å². The predicted molar refractivity (Wildman–Crippen MR) is 90.7 cm³/mol. The first-order valence-electron chi connectivity index (χ1n) is 7.67. The Kier molecular flexibility index (Phi) is 3.52. The Morgan fingerprint density at radius 3 is 2.00 bits per heavy atom. The number of hydrogen-bond acceptors (Lipinski definition) is 3. The van der Waals surface area contributed by atoms with Gasteiger partial charge in [-0.2, -0.15) is 0 Å². The SMILES string of the molecule is CC(C)(C)c1ccc([C@H]2C(=N)C(=O)c3ccccc3C2=O)cc1. The standard InChI is InChI=1S/C20H19NO2/c1-20(2,3)13-10-8-12(9-11-13)16-17(21)19(23)15-7-5-4-6-14(15)18(16)22/h4-11,16,21H,1-3H3/t16-/m0/s1. The lowest BCUT2D eigenvalue weighted by Crippen LogP contribution is -2.34. The van der Waals surface area contributed by atoms with Gasteiger partial charge in [-0.1, -0.05) is 69.3 Å². The van der Waals surface area contributed by atoms with Crippen LogP contribution >= 0.6 is 0 Å². The van der Waals surface area contributed by atoms with E-state index in [-0.39, 0.29) is 22.7 Å². The molecule has 1 aliphatic carbocycles. The molecule has 0 amide bonds. The number of fused-ring (bicyclic) bond motifs is 1. The molecule has 3 heteroatoms. The van der Waals surface area contributed by atoms with E-state index in [1.807, 2.05) is 24.3 Å². The Labute approximate surface area is 135 Å². The van der Waals surface area contributed by atoms with E-state index in [2.05, 4.69) is 20.8 Å². The van der Waals surface area contributed by atoms with Crippen LogP contribution < -0.4 is 0 Å². The van der Waals surface area contributed by atoms with Gasteiger partial charge in [0.1, 0.15) is 0 Å². The smallest absolute Gasteiger partial charge is 0.208 e. The normalized spacial score (nSPS) is 18.0. The summed E-state index contributed by atoms with van der Waals surface area (Å²) in [6, 6.07) is 14.4. The van der Waals surface area contributed by atoms with Gasteiger partial charge in [-0.3, -0.25) is 9.59 Å². The highest BCUT2D eigenvalue weighted by Crippen LogP contribution is 2.32. The maximum absolute atomic E-state index is 12.8. The lowest BCUT2D eigenvalue weighted by Gasteiger charge is -2.25. The van der Waals surface area contributed by atoms with Crippen LogP contribution in [0.1, 0.15) is 58.5 Å². The fourth-order valence-electron chi connectivity index (χ4n) is 2.95. The molecule has 116 valence electrons. The summed E-state index contributed by atoms with van der Waals surface area (Å²) in [7, 11) is 0. The Balaban J connectivity index is 2.05. The Morgan fingerprint density at radius 2 is 1.43 bits per heavy atom. The molecular formula is C20H19NO2. The van der Waals surface area contributed by atoms with Crippen LogP contribution in [0.2, 0.25) is 0 Å². The monoisotopic (exact) mass is 305 g/mol. The highest BCUT2D eigenvalue weighted by molar-refractivity contribution is 6.54. The van der Waals surface area contributed by atoms with Gasteiger partial charge in [0.05, 0.1) is 11.6 Å². The number of benzene rings is 2. The van der Waals surface area contributed by atoms with Crippen LogP contribution in [0.25, 0.3) is 0 Å². The van der Waals surface area contributed by atoms with Gasteiger partial charge < -0.3 is 5.41 Å². The number of carbonyl (C=O) groups is 2. The van der Waals surface area contributed by atoms with Gasteiger partial charge >= 0.3 is 0 Å². The van der Waals surface area contributed by atoms with Crippen LogP contribution in [0.4, 0.5) is 0 Å². The van der Waals surface area contributed by atoms with Crippen molar-refractivity contribution in [3.8, 4) is 0 Å². The highest BCUT2D eigenvalue weighted by atomic mass is 16.1. The lowest BCUT2D eigenvalue weighted by molar-refractivity contribution is 0.0947. The zero-order chi connectivity index (χ0) is 16.8. The molecule has 1 atom stereocenters. The van der Waals surface area contributed by atoms with E-state index in [1.165, 1.54) is 0 Å². The van der Waals surface area contributed by atoms with Crippen LogP contribution in [-0.4, -0.2) is 17.3 Å². The predicted octanol–water partition coefficient (Wildman–Crippen LogP) is 4.17. The summed E-state index contributed by atoms with van der Waals surface area (Å²) in [5.74, 6) is -1.33. The Hall–Kier alpha value is -2.55. The molecule has 0 radical (unpaired) electrons. The third-order valence-electron chi connectivity index (χ3n) is 4.34. The fraction of sp³-hybridized carbons (Fsp3) is 0.250. The molecule has 0 heterocycles. The minimum Gasteiger partial charge on any atom is -0.300 e. The minimum atomic E-state index is -0.800. The van der Waals surface area contributed by atoms with E-state index in [0.717, 1.165) is 5.56 Å². The molecule has 0 unspecified atom stereocenters. The minimum absolute atomic E-state index is 0.0189. The second kappa shape index (κ2) is 5.27. The van der Waals surface area contributed by atoms with Crippen molar-refractivity contribution < 1.29 is 9.59 Å². The van der Waals surface area contributed by atoms with Gasteiger partial charge in [-0.25, -0.2) is 0 Å². The first-order valence-corrected chi connectivity index (χ1v) is 7.67.